The third-order valence-electron chi connectivity index (χ3n) is 6.20. The van der Waals surface area contributed by atoms with Gasteiger partial charge in [-0.1, -0.05) is 73.3 Å². The van der Waals surface area contributed by atoms with Crippen molar-refractivity contribution in [1.82, 2.24) is 10.2 Å². The molecule has 0 saturated heterocycles. The monoisotopic (exact) mass is 489 g/mol. The smallest absolute Gasteiger partial charge is 0.338 e. The largest absolute Gasteiger partial charge is 0.463 e. The van der Waals surface area contributed by atoms with E-state index in [9.17, 15) is 9.59 Å². The zero-order chi connectivity index (χ0) is 24.9. The molecule has 2 aliphatic heterocycles. The van der Waals surface area contributed by atoms with Gasteiger partial charge in [0.2, 0.25) is 5.91 Å². The van der Waals surface area contributed by atoms with Gasteiger partial charge in [-0.3, -0.25) is 4.79 Å². The van der Waals surface area contributed by atoms with Crippen LogP contribution in [-0.4, -0.2) is 34.6 Å². The molecule has 0 radical (unpaired) electrons. The molecule has 7 heteroatoms. The second-order valence-electron chi connectivity index (χ2n) is 8.65. The summed E-state index contributed by atoms with van der Waals surface area (Å²) < 4.78 is 5.56. The molecule has 2 atom stereocenters. The number of aliphatic imine (C=N–C) groups is 1. The zero-order valence-electron chi connectivity index (χ0n) is 20.6. The van der Waals surface area contributed by atoms with Crippen LogP contribution in [0.1, 0.15) is 56.3 Å². The number of benzene rings is 2. The molecule has 2 aromatic carbocycles. The first kappa shape index (κ1) is 24.8. The standard InChI is InChI=1S/C28H31N3O3S/c1-5-19(4)29-23(32)16-21-17-35-28-30-25(20-13-8-7-9-14-20)24(27(33)34-6-2)26(31(21)28)22-15-11-10-12-18(22)3/h7-15,17,19,26H,5-6,16H2,1-4H3,(H,29,32). The summed E-state index contributed by atoms with van der Waals surface area (Å²) in [6, 6.07) is 17.4. The van der Waals surface area contributed by atoms with Crippen molar-refractivity contribution < 1.29 is 14.3 Å². The van der Waals surface area contributed by atoms with Crippen molar-refractivity contribution >= 4 is 34.5 Å². The molecule has 2 heterocycles. The molecule has 35 heavy (non-hydrogen) atoms. The average Bonchev–Trinajstić information content (AvgIpc) is 3.26. The van der Waals surface area contributed by atoms with E-state index in [-0.39, 0.29) is 25.0 Å². The molecule has 182 valence electrons. The fourth-order valence-corrected chi connectivity index (χ4v) is 5.19. The van der Waals surface area contributed by atoms with E-state index in [1.807, 2.05) is 85.7 Å². The minimum absolute atomic E-state index is 0.0495. The number of ether oxygens (including phenoxy) is 1. The van der Waals surface area contributed by atoms with Crippen LogP contribution in [0.3, 0.4) is 0 Å². The molecule has 2 aliphatic rings. The first-order chi connectivity index (χ1) is 16.9. The molecule has 2 unspecified atom stereocenters. The van der Waals surface area contributed by atoms with Crippen LogP contribution in [0, 0.1) is 6.92 Å². The number of amidine groups is 1. The summed E-state index contributed by atoms with van der Waals surface area (Å²) in [5.41, 5.74) is 4.78. The van der Waals surface area contributed by atoms with Crippen LogP contribution >= 0.6 is 11.8 Å². The van der Waals surface area contributed by atoms with Crippen molar-refractivity contribution in [1.29, 1.82) is 0 Å². The Morgan fingerprint density at radius 3 is 2.51 bits per heavy atom. The summed E-state index contributed by atoms with van der Waals surface area (Å²) in [6.07, 6.45) is 1.06. The van der Waals surface area contributed by atoms with Crippen LogP contribution < -0.4 is 5.32 Å². The number of carbonyl (C=O) groups is 2. The topological polar surface area (TPSA) is 71.0 Å². The van der Waals surface area contributed by atoms with E-state index >= 15 is 0 Å². The van der Waals surface area contributed by atoms with Crippen LogP contribution in [-0.2, 0) is 14.3 Å². The van der Waals surface area contributed by atoms with E-state index in [0.717, 1.165) is 34.0 Å². The number of carbonyl (C=O) groups excluding carboxylic acids is 2. The van der Waals surface area contributed by atoms with Gasteiger partial charge in [0.1, 0.15) is 0 Å². The molecule has 0 aliphatic carbocycles. The van der Waals surface area contributed by atoms with Gasteiger partial charge in [-0.05, 0) is 43.7 Å². The number of nitrogens with zero attached hydrogens (tertiary/aromatic N) is 2. The third kappa shape index (κ3) is 5.20. The molecule has 0 saturated carbocycles. The Morgan fingerprint density at radius 2 is 1.83 bits per heavy atom. The molecule has 1 amide bonds. The minimum Gasteiger partial charge on any atom is -0.463 e. The number of hydrogen-bond acceptors (Lipinski definition) is 6. The van der Waals surface area contributed by atoms with E-state index in [1.54, 1.807) is 6.92 Å². The van der Waals surface area contributed by atoms with Gasteiger partial charge in [-0.15, -0.1) is 0 Å². The Balaban J connectivity index is 1.85. The first-order valence-corrected chi connectivity index (χ1v) is 12.9. The highest BCUT2D eigenvalue weighted by atomic mass is 32.2. The van der Waals surface area contributed by atoms with E-state index in [0.29, 0.717) is 11.3 Å². The number of rotatable bonds is 8. The molecule has 4 rings (SSSR count). The Hall–Kier alpha value is -3.32. The molecule has 0 aromatic heterocycles. The number of hydrogen-bond donors (Lipinski definition) is 1. The van der Waals surface area contributed by atoms with Crippen LogP contribution in [0.5, 0.6) is 0 Å². The Bertz CT molecular complexity index is 1200. The predicted octanol–water partition coefficient (Wildman–Crippen LogP) is 5.58. The van der Waals surface area contributed by atoms with E-state index in [1.165, 1.54) is 11.8 Å². The van der Waals surface area contributed by atoms with Gasteiger partial charge >= 0.3 is 5.97 Å². The average molecular weight is 490 g/mol. The van der Waals surface area contributed by atoms with Crippen molar-refractivity contribution in [2.24, 2.45) is 4.99 Å². The van der Waals surface area contributed by atoms with Gasteiger partial charge in [0.25, 0.3) is 0 Å². The summed E-state index contributed by atoms with van der Waals surface area (Å²) in [6.45, 7) is 8.13. The molecule has 1 N–H and O–H groups in total. The molecule has 2 aromatic rings. The fourth-order valence-electron chi connectivity index (χ4n) is 4.27. The van der Waals surface area contributed by atoms with E-state index < -0.39 is 12.0 Å². The predicted molar refractivity (Wildman–Crippen MR) is 141 cm³/mol. The van der Waals surface area contributed by atoms with Crippen LogP contribution in [0.4, 0.5) is 0 Å². The Labute approximate surface area is 211 Å². The highest BCUT2D eigenvalue weighted by Crippen LogP contribution is 2.47. The van der Waals surface area contributed by atoms with Gasteiger partial charge in [0.05, 0.1) is 30.3 Å². The van der Waals surface area contributed by atoms with Crippen LogP contribution in [0.2, 0.25) is 0 Å². The van der Waals surface area contributed by atoms with Gasteiger partial charge in [0, 0.05) is 17.3 Å². The normalized spacial score (nSPS) is 17.9. The van der Waals surface area contributed by atoms with Crippen molar-refractivity contribution in [3.8, 4) is 0 Å². The van der Waals surface area contributed by atoms with Crippen LogP contribution in [0.25, 0.3) is 5.70 Å². The van der Waals surface area contributed by atoms with Gasteiger partial charge < -0.3 is 15.0 Å². The second kappa shape index (κ2) is 11.0. The second-order valence-corrected chi connectivity index (χ2v) is 9.49. The van der Waals surface area contributed by atoms with Gasteiger partial charge in [-0.25, -0.2) is 9.79 Å². The molecule has 6 nitrogen and oxygen atoms in total. The summed E-state index contributed by atoms with van der Waals surface area (Å²) in [5, 5.41) is 5.76. The van der Waals surface area contributed by atoms with Gasteiger partial charge in [-0.2, -0.15) is 0 Å². The van der Waals surface area contributed by atoms with Crippen molar-refractivity contribution in [2.45, 2.75) is 52.6 Å². The maximum absolute atomic E-state index is 13.5. The van der Waals surface area contributed by atoms with Crippen molar-refractivity contribution in [3.05, 3.63) is 88.0 Å². The number of esters is 1. The number of amides is 1. The van der Waals surface area contributed by atoms with E-state index in [4.69, 9.17) is 9.73 Å². The maximum Gasteiger partial charge on any atom is 0.338 e. The van der Waals surface area contributed by atoms with E-state index in [2.05, 4.69) is 5.32 Å². The third-order valence-corrected chi connectivity index (χ3v) is 7.09. The SMILES string of the molecule is CCOC(=O)C1=C(c2ccccc2)N=C2SC=C(CC(=O)NC(C)CC)N2C1c1ccccc1C. The molecular weight excluding hydrogens is 458 g/mol. The molecule has 0 fully saturated rings. The van der Waals surface area contributed by atoms with Crippen molar-refractivity contribution in [2.75, 3.05) is 6.61 Å². The Kier molecular flexibility index (Phi) is 7.76. The highest BCUT2D eigenvalue weighted by Gasteiger charge is 2.42. The lowest BCUT2D eigenvalue weighted by atomic mass is 9.89. The molecule has 0 bridgehead atoms. The number of aryl methyl sites for hydroxylation is 1. The number of fused-ring (bicyclic) bond motifs is 1. The zero-order valence-corrected chi connectivity index (χ0v) is 21.4. The molecule has 0 spiro atoms. The van der Waals surface area contributed by atoms with Crippen LogP contribution in [0.15, 0.2) is 76.3 Å². The summed E-state index contributed by atoms with van der Waals surface area (Å²) in [5.74, 6) is -0.450. The Morgan fingerprint density at radius 1 is 1.11 bits per heavy atom. The molecular formula is C28H31N3O3S. The summed E-state index contributed by atoms with van der Waals surface area (Å²) in [4.78, 5) is 33.3. The summed E-state index contributed by atoms with van der Waals surface area (Å²) >= 11 is 1.48. The van der Waals surface area contributed by atoms with Crippen molar-refractivity contribution in [3.63, 3.8) is 0 Å². The lowest BCUT2D eigenvalue weighted by Crippen LogP contribution is -2.39. The quantitative estimate of drug-likeness (QED) is 0.491. The number of thioether (sulfide) groups is 1. The number of nitrogens with one attached hydrogen (secondary N) is 1. The maximum atomic E-state index is 13.5. The first-order valence-electron chi connectivity index (χ1n) is 12.0. The summed E-state index contributed by atoms with van der Waals surface area (Å²) in [7, 11) is 0. The highest BCUT2D eigenvalue weighted by molar-refractivity contribution is 8.16. The fraction of sp³-hybridized carbons (Fsp3) is 0.321. The van der Waals surface area contributed by atoms with Gasteiger partial charge in [0.15, 0.2) is 5.17 Å². The minimum atomic E-state index is -0.462. The lowest BCUT2D eigenvalue weighted by molar-refractivity contribution is -0.139. The lowest BCUT2D eigenvalue weighted by Gasteiger charge is -2.37.